The summed E-state index contributed by atoms with van der Waals surface area (Å²) >= 11 is 0. The normalized spacial score (nSPS) is 30.2. The molecule has 2 nitrogen and oxygen atoms in total. The number of nitriles is 1. The average molecular weight is 404 g/mol. The van der Waals surface area contributed by atoms with Gasteiger partial charge in [-0.05, 0) is 63.2 Å². The lowest BCUT2D eigenvalue weighted by Gasteiger charge is -2.37. The maximum Gasteiger partial charge on any atom is 0.0807 e. The summed E-state index contributed by atoms with van der Waals surface area (Å²) in [4.78, 5) is 0. The number of hydrogen-bond donors (Lipinski definition) is 0. The minimum atomic E-state index is -0.185. The predicted molar refractivity (Wildman–Crippen MR) is 124 cm³/mol. The third kappa shape index (κ3) is 9.42. The second-order valence-electron chi connectivity index (χ2n) is 10.3. The van der Waals surface area contributed by atoms with Crippen LogP contribution < -0.4 is 0 Å². The van der Waals surface area contributed by atoms with E-state index < -0.39 is 0 Å². The van der Waals surface area contributed by atoms with Crippen molar-refractivity contribution in [3.63, 3.8) is 0 Å². The molecule has 0 atom stereocenters. The van der Waals surface area contributed by atoms with E-state index in [9.17, 15) is 5.26 Å². The molecule has 0 saturated heterocycles. The first-order chi connectivity index (χ1) is 14.2. The number of ether oxygens (including phenoxy) is 1. The number of hydrogen-bond acceptors (Lipinski definition) is 2. The van der Waals surface area contributed by atoms with Gasteiger partial charge in [0.1, 0.15) is 0 Å². The van der Waals surface area contributed by atoms with Gasteiger partial charge in [-0.2, -0.15) is 5.26 Å². The van der Waals surface area contributed by atoms with Gasteiger partial charge >= 0.3 is 0 Å². The molecule has 2 rings (SSSR count). The van der Waals surface area contributed by atoms with Crippen LogP contribution in [0.4, 0.5) is 0 Å². The molecule has 2 saturated carbocycles. The molecule has 0 radical (unpaired) electrons. The molecule has 2 heteroatoms. The zero-order valence-electron chi connectivity index (χ0n) is 19.7. The zero-order valence-corrected chi connectivity index (χ0v) is 19.7. The van der Waals surface area contributed by atoms with E-state index in [-0.39, 0.29) is 5.41 Å². The maximum absolute atomic E-state index is 9.88. The van der Waals surface area contributed by atoms with Crippen molar-refractivity contribution in [1.82, 2.24) is 0 Å². The highest BCUT2D eigenvalue weighted by Crippen LogP contribution is 2.41. The summed E-state index contributed by atoms with van der Waals surface area (Å²) in [7, 11) is 0. The lowest BCUT2D eigenvalue weighted by atomic mass is 9.70. The van der Waals surface area contributed by atoms with Gasteiger partial charge in [0.25, 0.3) is 0 Å². The van der Waals surface area contributed by atoms with Crippen LogP contribution in [0.1, 0.15) is 136 Å². The fourth-order valence-corrected chi connectivity index (χ4v) is 5.57. The maximum atomic E-state index is 9.88. The van der Waals surface area contributed by atoms with Crippen molar-refractivity contribution >= 4 is 0 Å². The van der Waals surface area contributed by atoms with Gasteiger partial charge in [-0.25, -0.2) is 0 Å². The fraction of sp³-hybridized carbons (Fsp3) is 0.963. The van der Waals surface area contributed by atoms with Crippen LogP contribution in [-0.2, 0) is 4.74 Å². The molecule has 0 bridgehead atoms. The van der Waals surface area contributed by atoms with Gasteiger partial charge in [0.05, 0.1) is 24.2 Å². The first kappa shape index (κ1) is 24.7. The van der Waals surface area contributed by atoms with Crippen molar-refractivity contribution in [3.05, 3.63) is 0 Å². The average Bonchev–Trinajstić information content (AvgIpc) is 2.77. The quantitative estimate of drug-likeness (QED) is 0.272. The second-order valence-corrected chi connectivity index (χ2v) is 10.3. The number of nitrogens with zero attached hydrogens (tertiary/aromatic N) is 1. The molecular formula is C27H49NO. The van der Waals surface area contributed by atoms with Crippen LogP contribution in [0.15, 0.2) is 0 Å². The zero-order chi connectivity index (χ0) is 20.8. The van der Waals surface area contributed by atoms with E-state index in [1.807, 2.05) is 0 Å². The Labute approximate surface area is 182 Å². The molecular weight excluding hydrogens is 354 g/mol. The SMILES string of the molecule is CCCCCCC[C@H]1CC[C@@](C#N)(CO[C@H]2CC[C@H](CCCCCC)CC2)CC1. The summed E-state index contributed by atoms with van der Waals surface area (Å²) in [6, 6.07) is 2.69. The van der Waals surface area contributed by atoms with E-state index in [0.717, 1.165) is 24.7 Å². The van der Waals surface area contributed by atoms with Crippen molar-refractivity contribution in [3.8, 4) is 6.07 Å². The Bertz CT molecular complexity index is 438. The number of unbranched alkanes of at least 4 members (excludes halogenated alkanes) is 7. The Hall–Kier alpha value is -0.550. The van der Waals surface area contributed by atoms with Gasteiger partial charge in [-0.15, -0.1) is 0 Å². The second kappa shape index (κ2) is 14.5. The van der Waals surface area contributed by atoms with Crippen LogP contribution in [0.2, 0.25) is 0 Å². The fourth-order valence-electron chi connectivity index (χ4n) is 5.57. The lowest BCUT2D eigenvalue weighted by Crippen LogP contribution is -2.34. The van der Waals surface area contributed by atoms with Gasteiger partial charge in [-0.3, -0.25) is 0 Å². The molecule has 0 aliphatic heterocycles. The molecule has 2 fully saturated rings. The summed E-state index contributed by atoms with van der Waals surface area (Å²) in [5, 5.41) is 9.88. The van der Waals surface area contributed by atoms with Gasteiger partial charge in [0.2, 0.25) is 0 Å². The molecule has 0 N–H and O–H groups in total. The molecule has 29 heavy (non-hydrogen) atoms. The standard InChI is InChI=1S/C27H49NO/c1-3-5-7-9-11-13-25-18-20-27(22-28,21-19-25)23-29-26-16-14-24(15-17-26)12-10-8-6-4-2/h24-26H,3-21,23H2,1-2H3/t24-,25-,26-,27+. The summed E-state index contributed by atoms with van der Waals surface area (Å²) in [6.07, 6.45) is 25.5. The minimum absolute atomic E-state index is 0.185. The lowest BCUT2D eigenvalue weighted by molar-refractivity contribution is -0.0300. The Kier molecular flexibility index (Phi) is 12.3. The van der Waals surface area contributed by atoms with Crippen LogP contribution in [0.25, 0.3) is 0 Å². The van der Waals surface area contributed by atoms with E-state index in [4.69, 9.17) is 4.74 Å². The first-order valence-electron chi connectivity index (χ1n) is 13.2. The number of rotatable bonds is 14. The van der Waals surface area contributed by atoms with Crippen molar-refractivity contribution < 1.29 is 4.74 Å². The topological polar surface area (TPSA) is 33.0 Å². The van der Waals surface area contributed by atoms with E-state index in [1.54, 1.807) is 0 Å². The molecule has 0 amide bonds. The molecule has 0 aromatic carbocycles. The van der Waals surface area contributed by atoms with Crippen LogP contribution in [-0.4, -0.2) is 12.7 Å². The summed E-state index contributed by atoms with van der Waals surface area (Å²) < 4.78 is 6.35. The molecule has 0 aromatic rings. The summed E-state index contributed by atoms with van der Waals surface area (Å²) in [5.41, 5.74) is -0.185. The minimum Gasteiger partial charge on any atom is -0.377 e. The van der Waals surface area contributed by atoms with Gasteiger partial charge < -0.3 is 4.74 Å². The Morgan fingerprint density at radius 3 is 1.79 bits per heavy atom. The molecule has 0 heterocycles. The largest absolute Gasteiger partial charge is 0.377 e. The molecule has 0 unspecified atom stereocenters. The Morgan fingerprint density at radius 2 is 1.24 bits per heavy atom. The smallest absolute Gasteiger partial charge is 0.0807 e. The highest BCUT2D eigenvalue weighted by molar-refractivity contribution is 5.02. The predicted octanol–water partition coefficient (Wildman–Crippen LogP) is 8.59. The van der Waals surface area contributed by atoms with E-state index in [0.29, 0.717) is 12.7 Å². The van der Waals surface area contributed by atoms with Crippen LogP contribution in [0, 0.1) is 28.6 Å². The van der Waals surface area contributed by atoms with E-state index >= 15 is 0 Å². The highest BCUT2D eigenvalue weighted by atomic mass is 16.5. The molecule has 0 aromatic heterocycles. The third-order valence-electron chi connectivity index (χ3n) is 7.87. The van der Waals surface area contributed by atoms with Gasteiger partial charge in [0, 0.05) is 0 Å². The van der Waals surface area contributed by atoms with Crippen molar-refractivity contribution in [2.75, 3.05) is 6.61 Å². The van der Waals surface area contributed by atoms with Crippen molar-refractivity contribution in [2.24, 2.45) is 17.3 Å². The highest BCUT2D eigenvalue weighted by Gasteiger charge is 2.36. The van der Waals surface area contributed by atoms with Crippen molar-refractivity contribution in [2.45, 2.75) is 142 Å². The Balaban J connectivity index is 1.59. The van der Waals surface area contributed by atoms with E-state index in [2.05, 4.69) is 19.9 Å². The van der Waals surface area contributed by atoms with Gasteiger partial charge in [0.15, 0.2) is 0 Å². The molecule has 2 aliphatic rings. The van der Waals surface area contributed by atoms with Crippen LogP contribution in [0.3, 0.4) is 0 Å². The van der Waals surface area contributed by atoms with Crippen LogP contribution in [0.5, 0.6) is 0 Å². The summed E-state index contributed by atoms with van der Waals surface area (Å²) in [5.74, 6) is 1.80. The van der Waals surface area contributed by atoms with E-state index in [1.165, 1.54) is 109 Å². The van der Waals surface area contributed by atoms with Crippen LogP contribution >= 0.6 is 0 Å². The summed E-state index contributed by atoms with van der Waals surface area (Å²) in [6.45, 7) is 5.27. The monoisotopic (exact) mass is 403 g/mol. The molecule has 168 valence electrons. The molecule has 0 spiro atoms. The Morgan fingerprint density at radius 1 is 0.724 bits per heavy atom. The molecule has 2 aliphatic carbocycles. The third-order valence-corrected chi connectivity index (χ3v) is 7.87. The van der Waals surface area contributed by atoms with Crippen molar-refractivity contribution in [1.29, 1.82) is 5.26 Å². The van der Waals surface area contributed by atoms with Gasteiger partial charge in [-0.1, -0.05) is 84.5 Å². The first-order valence-corrected chi connectivity index (χ1v) is 13.2.